The van der Waals surface area contributed by atoms with Crippen molar-refractivity contribution in [2.75, 3.05) is 13.2 Å². The van der Waals surface area contributed by atoms with E-state index in [1.807, 2.05) is 36.4 Å². The molecule has 3 heterocycles. The van der Waals surface area contributed by atoms with Crippen LogP contribution in [-0.4, -0.2) is 45.0 Å². The number of benzene rings is 2. The summed E-state index contributed by atoms with van der Waals surface area (Å²) in [5, 5.41) is 1.60. The van der Waals surface area contributed by atoms with Gasteiger partial charge in [-0.05, 0) is 49.9 Å². The Hall–Kier alpha value is -3.10. The second-order valence-corrected chi connectivity index (χ2v) is 9.48. The standard InChI is InChI=1S/C25H26N4O3S/c30-24(13-5-12-23-27-20-10-3-4-11-21(20)33-23)29(15-17-7-6-14-32-17)16-22-26-19-9-2-1-8-18(19)25(31)28-22/h1-4,8-11,17H,5-7,12-16H2,(H,26,28,31)/t17-/m1/s1. The van der Waals surface area contributed by atoms with Crippen LogP contribution in [0.1, 0.15) is 36.5 Å². The van der Waals surface area contributed by atoms with Gasteiger partial charge in [-0.1, -0.05) is 24.3 Å². The van der Waals surface area contributed by atoms with Crippen molar-refractivity contribution in [1.29, 1.82) is 0 Å². The van der Waals surface area contributed by atoms with Crippen molar-refractivity contribution in [3.05, 3.63) is 69.7 Å². The van der Waals surface area contributed by atoms with E-state index in [1.54, 1.807) is 22.3 Å². The normalized spacial score (nSPS) is 15.9. The fourth-order valence-corrected chi connectivity index (χ4v) is 5.26. The number of nitrogens with one attached hydrogen (secondary N) is 1. The van der Waals surface area contributed by atoms with Gasteiger partial charge >= 0.3 is 0 Å². The quantitative estimate of drug-likeness (QED) is 0.427. The van der Waals surface area contributed by atoms with E-state index in [0.717, 1.165) is 42.8 Å². The highest BCUT2D eigenvalue weighted by molar-refractivity contribution is 7.18. The third kappa shape index (κ3) is 5.12. The number of aromatic nitrogens is 3. The first-order valence-electron chi connectivity index (χ1n) is 11.4. The molecule has 4 aromatic rings. The molecule has 5 rings (SSSR count). The number of fused-ring (bicyclic) bond motifs is 2. The Morgan fingerprint density at radius 2 is 1.94 bits per heavy atom. The van der Waals surface area contributed by atoms with Crippen LogP contribution >= 0.6 is 11.3 Å². The Kier molecular flexibility index (Phi) is 6.46. The molecule has 1 aliphatic heterocycles. The van der Waals surface area contributed by atoms with E-state index >= 15 is 0 Å². The summed E-state index contributed by atoms with van der Waals surface area (Å²) >= 11 is 1.68. The number of ether oxygens (including phenoxy) is 1. The van der Waals surface area contributed by atoms with Crippen LogP contribution in [-0.2, 0) is 22.5 Å². The number of aromatic amines is 1. The average molecular weight is 463 g/mol. The van der Waals surface area contributed by atoms with Gasteiger partial charge in [-0.2, -0.15) is 0 Å². The van der Waals surface area contributed by atoms with Crippen LogP contribution in [0.15, 0.2) is 53.3 Å². The lowest BCUT2D eigenvalue weighted by Gasteiger charge is -2.25. The van der Waals surface area contributed by atoms with Crippen LogP contribution in [0.3, 0.4) is 0 Å². The van der Waals surface area contributed by atoms with Crippen molar-refractivity contribution < 1.29 is 9.53 Å². The minimum Gasteiger partial charge on any atom is -0.376 e. The number of thiazole rings is 1. The summed E-state index contributed by atoms with van der Waals surface area (Å²) in [6, 6.07) is 15.3. The van der Waals surface area contributed by atoms with Gasteiger partial charge in [0.2, 0.25) is 5.91 Å². The van der Waals surface area contributed by atoms with Gasteiger partial charge in [0, 0.05) is 19.6 Å². The van der Waals surface area contributed by atoms with E-state index in [4.69, 9.17) is 4.74 Å². The largest absolute Gasteiger partial charge is 0.376 e. The third-order valence-corrected chi connectivity index (χ3v) is 7.02. The molecule has 0 spiro atoms. The predicted molar refractivity (Wildman–Crippen MR) is 129 cm³/mol. The molecule has 2 aromatic heterocycles. The fourth-order valence-electron chi connectivity index (χ4n) is 4.26. The van der Waals surface area contributed by atoms with Gasteiger partial charge in [-0.15, -0.1) is 11.3 Å². The molecule has 1 saturated heterocycles. The summed E-state index contributed by atoms with van der Waals surface area (Å²) in [4.78, 5) is 39.5. The zero-order chi connectivity index (χ0) is 22.6. The highest BCUT2D eigenvalue weighted by Crippen LogP contribution is 2.23. The first-order valence-corrected chi connectivity index (χ1v) is 12.2. The Balaban J connectivity index is 1.28. The number of hydrogen-bond acceptors (Lipinski definition) is 6. The summed E-state index contributed by atoms with van der Waals surface area (Å²) in [5.41, 5.74) is 1.46. The highest BCUT2D eigenvalue weighted by atomic mass is 32.1. The van der Waals surface area contributed by atoms with Crippen molar-refractivity contribution >= 4 is 38.4 Å². The van der Waals surface area contributed by atoms with Crippen LogP contribution < -0.4 is 5.56 Å². The molecule has 7 nitrogen and oxygen atoms in total. The van der Waals surface area contributed by atoms with Crippen molar-refractivity contribution in [2.45, 2.75) is 44.8 Å². The van der Waals surface area contributed by atoms with Crippen molar-refractivity contribution in [3.63, 3.8) is 0 Å². The topological polar surface area (TPSA) is 88.2 Å². The molecule has 1 aliphatic rings. The fraction of sp³-hybridized carbons (Fsp3) is 0.360. The van der Waals surface area contributed by atoms with Crippen LogP contribution in [0, 0.1) is 0 Å². The molecule has 0 aliphatic carbocycles. The molecule has 0 saturated carbocycles. The first-order chi connectivity index (χ1) is 16.2. The van der Waals surface area contributed by atoms with E-state index < -0.39 is 0 Å². The Bertz CT molecular complexity index is 1290. The van der Waals surface area contributed by atoms with E-state index in [9.17, 15) is 9.59 Å². The number of para-hydroxylation sites is 2. The molecular formula is C25H26N4O3S. The van der Waals surface area contributed by atoms with Gasteiger partial charge in [0.1, 0.15) is 5.82 Å². The molecule has 0 radical (unpaired) electrons. The number of carbonyl (C=O) groups is 1. The van der Waals surface area contributed by atoms with Gasteiger partial charge in [-0.3, -0.25) is 9.59 Å². The molecule has 0 bridgehead atoms. The van der Waals surface area contributed by atoms with Crippen molar-refractivity contribution in [2.24, 2.45) is 0 Å². The average Bonchev–Trinajstić information content (AvgIpc) is 3.48. The van der Waals surface area contributed by atoms with E-state index in [2.05, 4.69) is 21.0 Å². The lowest BCUT2D eigenvalue weighted by molar-refractivity contribution is -0.133. The van der Waals surface area contributed by atoms with Gasteiger partial charge < -0.3 is 14.6 Å². The zero-order valence-electron chi connectivity index (χ0n) is 18.3. The van der Waals surface area contributed by atoms with Crippen LogP contribution in [0.25, 0.3) is 21.1 Å². The molecule has 8 heteroatoms. The number of hydrogen-bond donors (Lipinski definition) is 1. The Labute approximate surface area is 195 Å². The predicted octanol–water partition coefficient (Wildman–Crippen LogP) is 4.06. The number of rotatable bonds is 8. The molecule has 0 unspecified atom stereocenters. The second kappa shape index (κ2) is 9.80. The summed E-state index contributed by atoms with van der Waals surface area (Å²) < 4.78 is 6.95. The number of nitrogens with zero attached hydrogens (tertiary/aromatic N) is 3. The minimum atomic E-state index is -0.184. The Morgan fingerprint density at radius 3 is 2.76 bits per heavy atom. The number of amides is 1. The van der Waals surface area contributed by atoms with E-state index in [0.29, 0.717) is 29.7 Å². The molecule has 170 valence electrons. The van der Waals surface area contributed by atoms with Crippen LogP contribution in [0.5, 0.6) is 0 Å². The molecule has 1 fully saturated rings. The monoisotopic (exact) mass is 462 g/mol. The van der Waals surface area contributed by atoms with Crippen LogP contribution in [0.4, 0.5) is 0 Å². The molecule has 33 heavy (non-hydrogen) atoms. The van der Waals surface area contributed by atoms with E-state index in [1.165, 1.54) is 4.70 Å². The van der Waals surface area contributed by atoms with Gasteiger partial charge in [-0.25, -0.2) is 9.97 Å². The van der Waals surface area contributed by atoms with E-state index in [-0.39, 0.29) is 24.1 Å². The molecule has 1 atom stereocenters. The van der Waals surface area contributed by atoms with Crippen molar-refractivity contribution in [1.82, 2.24) is 19.9 Å². The second-order valence-electron chi connectivity index (χ2n) is 8.37. The summed E-state index contributed by atoms with van der Waals surface area (Å²) in [6.45, 7) is 1.51. The summed E-state index contributed by atoms with van der Waals surface area (Å²) in [5.74, 6) is 0.540. The van der Waals surface area contributed by atoms with Gasteiger partial charge in [0.25, 0.3) is 5.56 Å². The first kappa shape index (κ1) is 21.7. The maximum atomic E-state index is 13.2. The Morgan fingerprint density at radius 1 is 1.12 bits per heavy atom. The molecule has 1 N–H and O–H groups in total. The highest BCUT2D eigenvalue weighted by Gasteiger charge is 2.23. The zero-order valence-corrected chi connectivity index (χ0v) is 19.1. The van der Waals surface area contributed by atoms with Gasteiger partial charge in [0.15, 0.2) is 0 Å². The smallest absolute Gasteiger partial charge is 0.258 e. The third-order valence-electron chi connectivity index (χ3n) is 5.92. The SMILES string of the molecule is O=C(CCCc1nc2ccccc2s1)N(Cc1nc2ccccc2c(=O)[nH]1)C[C@H]1CCCO1. The maximum Gasteiger partial charge on any atom is 0.258 e. The molecule has 1 amide bonds. The summed E-state index contributed by atoms with van der Waals surface area (Å²) in [7, 11) is 0. The minimum absolute atomic E-state index is 0.0328. The number of carbonyl (C=O) groups excluding carboxylic acids is 1. The number of H-pyrrole nitrogens is 1. The number of aryl methyl sites for hydroxylation is 1. The molecular weight excluding hydrogens is 436 g/mol. The van der Waals surface area contributed by atoms with Crippen molar-refractivity contribution in [3.8, 4) is 0 Å². The maximum absolute atomic E-state index is 13.2. The summed E-state index contributed by atoms with van der Waals surface area (Å²) in [6.07, 6.45) is 3.89. The molecule has 2 aromatic carbocycles. The van der Waals surface area contributed by atoms with Crippen LogP contribution in [0.2, 0.25) is 0 Å². The lowest BCUT2D eigenvalue weighted by atomic mass is 10.2. The lowest BCUT2D eigenvalue weighted by Crippen LogP contribution is -2.37. The van der Waals surface area contributed by atoms with Gasteiger partial charge in [0.05, 0.1) is 38.8 Å².